The molecule has 0 atom stereocenters. The van der Waals surface area contributed by atoms with Gasteiger partial charge in [0.25, 0.3) is 0 Å². The van der Waals surface area contributed by atoms with Gasteiger partial charge in [0, 0.05) is 18.4 Å². The molecule has 1 heterocycles. The lowest BCUT2D eigenvalue weighted by molar-refractivity contribution is 0.793. The maximum absolute atomic E-state index is 4.36. The van der Waals surface area contributed by atoms with Crippen LogP contribution in [0.2, 0.25) is 0 Å². The average molecular weight is 309 g/mol. The van der Waals surface area contributed by atoms with Crippen LogP contribution in [0, 0.1) is 6.92 Å². The van der Waals surface area contributed by atoms with E-state index in [2.05, 4.69) is 58.1 Å². The second-order valence-electron chi connectivity index (χ2n) is 5.26. The number of aryl methyl sites for hydroxylation is 2. The molecule has 0 fully saturated rings. The highest BCUT2D eigenvalue weighted by molar-refractivity contribution is 7.99. The molecule has 0 aliphatic carbocycles. The first-order valence-corrected chi connectivity index (χ1v) is 8.36. The monoisotopic (exact) mass is 309 g/mol. The quantitative estimate of drug-likeness (QED) is 0.664. The number of aromatic nitrogens is 3. The average Bonchev–Trinajstić information content (AvgIpc) is 2.90. The second-order valence-corrected chi connectivity index (χ2v) is 6.33. The second kappa shape index (κ2) is 6.79. The van der Waals surface area contributed by atoms with Crippen LogP contribution in [-0.2, 0) is 13.5 Å². The number of hydrogen-bond donors (Lipinski definition) is 0. The van der Waals surface area contributed by atoms with Crippen molar-refractivity contribution in [2.75, 3.05) is 5.75 Å². The van der Waals surface area contributed by atoms with Crippen LogP contribution in [0.5, 0.6) is 0 Å². The van der Waals surface area contributed by atoms with E-state index in [0.29, 0.717) is 0 Å². The fraction of sp³-hybridized carbons (Fsp3) is 0.222. The molecule has 0 spiro atoms. The molecule has 0 radical (unpaired) electrons. The minimum absolute atomic E-state index is 0.931. The van der Waals surface area contributed by atoms with E-state index in [1.54, 1.807) is 11.8 Å². The zero-order chi connectivity index (χ0) is 15.4. The molecule has 0 saturated carbocycles. The van der Waals surface area contributed by atoms with Crippen molar-refractivity contribution in [1.29, 1.82) is 0 Å². The van der Waals surface area contributed by atoms with Gasteiger partial charge in [0.1, 0.15) is 0 Å². The molecule has 0 aliphatic rings. The summed E-state index contributed by atoms with van der Waals surface area (Å²) in [6, 6.07) is 18.8. The minimum Gasteiger partial charge on any atom is -0.305 e. The third-order valence-corrected chi connectivity index (χ3v) is 4.71. The van der Waals surface area contributed by atoms with Crippen molar-refractivity contribution in [3.05, 3.63) is 65.7 Å². The molecule has 3 rings (SSSR count). The van der Waals surface area contributed by atoms with Gasteiger partial charge < -0.3 is 4.57 Å². The van der Waals surface area contributed by atoms with Gasteiger partial charge in [0.2, 0.25) is 0 Å². The van der Waals surface area contributed by atoms with Gasteiger partial charge in [-0.1, -0.05) is 66.4 Å². The van der Waals surface area contributed by atoms with Crippen molar-refractivity contribution in [1.82, 2.24) is 14.8 Å². The fourth-order valence-corrected chi connectivity index (χ4v) is 3.30. The van der Waals surface area contributed by atoms with Crippen molar-refractivity contribution in [2.45, 2.75) is 18.5 Å². The van der Waals surface area contributed by atoms with Gasteiger partial charge in [-0.25, -0.2) is 0 Å². The van der Waals surface area contributed by atoms with Crippen LogP contribution in [0.25, 0.3) is 11.4 Å². The molecule has 4 heteroatoms. The predicted molar refractivity (Wildman–Crippen MR) is 92.0 cm³/mol. The Morgan fingerprint density at radius 1 is 0.955 bits per heavy atom. The molecule has 0 saturated heterocycles. The van der Waals surface area contributed by atoms with E-state index < -0.39 is 0 Å². The van der Waals surface area contributed by atoms with Crippen LogP contribution in [0.3, 0.4) is 0 Å². The summed E-state index contributed by atoms with van der Waals surface area (Å²) in [4.78, 5) is 0. The van der Waals surface area contributed by atoms with Gasteiger partial charge in [0.15, 0.2) is 11.0 Å². The Morgan fingerprint density at radius 2 is 1.68 bits per heavy atom. The first-order chi connectivity index (χ1) is 10.8. The van der Waals surface area contributed by atoms with Crippen molar-refractivity contribution in [3.8, 4) is 11.4 Å². The van der Waals surface area contributed by atoms with E-state index in [1.807, 2.05) is 25.2 Å². The SMILES string of the molecule is Cc1ccccc1-c1nnc(SCCc2ccccc2)n1C. The highest BCUT2D eigenvalue weighted by Gasteiger charge is 2.12. The molecule has 112 valence electrons. The Balaban J connectivity index is 1.70. The first-order valence-electron chi connectivity index (χ1n) is 7.38. The van der Waals surface area contributed by atoms with Crippen molar-refractivity contribution in [3.63, 3.8) is 0 Å². The van der Waals surface area contributed by atoms with Gasteiger partial charge in [-0.3, -0.25) is 0 Å². The molecule has 0 aliphatic heterocycles. The van der Waals surface area contributed by atoms with Crippen molar-refractivity contribution < 1.29 is 0 Å². The summed E-state index contributed by atoms with van der Waals surface area (Å²) in [6.45, 7) is 2.10. The highest BCUT2D eigenvalue weighted by atomic mass is 32.2. The normalized spacial score (nSPS) is 10.8. The summed E-state index contributed by atoms with van der Waals surface area (Å²) >= 11 is 1.75. The zero-order valence-electron chi connectivity index (χ0n) is 12.9. The van der Waals surface area contributed by atoms with Gasteiger partial charge in [-0.05, 0) is 24.5 Å². The van der Waals surface area contributed by atoms with Gasteiger partial charge >= 0.3 is 0 Å². The summed E-state index contributed by atoms with van der Waals surface area (Å²) in [5.41, 5.74) is 3.72. The number of nitrogens with zero attached hydrogens (tertiary/aromatic N) is 3. The Kier molecular flexibility index (Phi) is 4.59. The summed E-state index contributed by atoms with van der Waals surface area (Å²) in [7, 11) is 2.03. The van der Waals surface area contributed by atoms with E-state index in [4.69, 9.17) is 0 Å². The lowest BCUT2D eigenvalue weighted by atomic mass is 10.1. The van der Waals surface area contributed by atoms with Crippen LogP contribution in [0.15, 0.2) is 59.8 Å². The minimum atomic E-state index is 0.931. The number of hydrogen-bond acceptors (Lipinski definition) is 3. The lowest BCUT2D eigenvalue weighted by Gasteiger charge is -2.06. The van der Waals surface area contributed by atoms with E-state index in [9.17, 15) is 0 Å². The van der Waals surface area contributed by atoms with E-state index in [1.165, 1.54) is 11.1 Å². The van der Waals surface area contributed by atoms with Crippen LogP contribution in [-0.4, -0.2) is 20.5 Å². The van der Waals surface area contributed by atoms with E-state index in [0.717, 1.165) is 28.7 Å². The number of benzene rings is 2. The van der Waals surface area contributed by atoms with E-state index in [-0.39, 0.29) is 0 Å². The van der Waals surface area contributed by atoms with Crippen molar-refractivity contribution >= 4 is 11.8 Å². The smallest absolute Gasteiger partial charge is 0.191 e. The third-order valence-electron chi connectivity index (χ3n) is 3.69. The topological polar surface area (TPSA) is 30.7 Å². The van der Waals surface area contributed by atoms with Gasteiger partial charge in [-0.15, -0.1) is 10.2 Å². The van der Waals surface area contributed by atoms with E-state index >= 15 is 0 Å². The molecule has 0 amide bonds. The molecule has 1 aromatic heterocycles. The zero-order valence-corrected chi connectivity index (χ0v) is 13.7. The largest absolute Gasteiger partial charge is 0.305 e. The fourth-order valence-electron chi connectivity index (χ4n) is 2.40. The Bertz CT molecular complexity index is 750. The molecule has 22 heavy (non-hydrogen) atoms. The molecule has 0 bridgehead atoms. The summed E-state index contributed by atoms with van der Waals surface area (Å²) in [5, 5.41) is 9.67. The maximum Gasteiger partial charge on any atom is 0.191 e. The van der Waals surface area contributed by atoms with Crippen molar-refractivity contribution in [2.24, 2.45) is 7.05 Å². The Morgan fingerprint density at radius 3 is 2.45 bits per heavy atom. The van der Waals surface area contributed by atoms with Crippen LogP contribution < -0.4 is 0 Å². The standard InChI is InChI=1S/C18H19N3S/c1-14-8-6-7-11-16(14)17-19-20-18(21(17)2)22-13-12-15-9-4-3-5-10-15/h3-11H,12-13H2,1-2H3. The lowest BCUT2D eigenvalue weighted by Crippen LogP contribution is -1.97. The molecule has 0 unspecified atom stereocenters. The Labute approximate surface area is 135 Å². The molecule has 0 N–H and O–H groups in total. The highest BCUT2D eigenvalue weighted by Crippen LogP contribution is 2.25. The first kappa shape index (κ1) is 14.9. The molecule has 2 aromatic carbocycles. The van der Waals surface area contributed by atoms with Crippen LogP contribution >= 0.6 is 11.8 Å². The van der Waals surface area contributed by atoms with Gasteiger partial charge in [-0.2, -0.15) is 0 Å². The predicted octanol–water partition coefficient (Wildman–Crippen LogP) is 4.13. The molecule has 3 nitrogen and oxygen atoms in total. The number of rotatable bonds is 5. The Hall–Kier alpha value is -2.07. The van der Waals surface area contributed by atoms with Gasteiger partial charge in [0.05, 0.1) is 0 Å². The molecular weight excluding hydrogens is 290 g/mol. The molecular formula is C18H19N3S. The number of thioether (sulfide) groups is 1. The summed E-state index contributed by atoms with van der Waals surface area (Å²) < 4.78 is 2.08. The summed E-state index contributed by atoms with van der Waals surface area (Å²) in [6.07, 6.45) is 1.04. The summed E-state index contributed by atoms with van der Waals surface area (Å²) in [5.74, 6) is 1.93. The molecule has 3 aromatic rings. The third kappa shape index (κ3) is 3.22. The maximum atomic E-state index is 4.36. The van der Waals surface area contributed by atoms with Crippen LogP contribution in [0.4, 0.5) is 0 Å². The van der Waals surface area contributed by atoms with Crippen LogP contribution in [0.1, 0.15) is 11.1 Å².